The fourth-order valence-electron chi connectivity index (χ4n) is 4.12. The third-order valence-electron chi connectivity index (χ3n) is 5.71. The Kier molecular flexibility index (Phi) is 5.65. The largest absolute Gasteiger partial charge is 0.476 e. The number of aromatic nitrogens is 2. The number of nitrogen functional groups attached to an aromatic ring is 1. The number of hydrogen-bond donors (Lipinski definition) is 2. The van der Waals surface area contributed by atoms with Crippen LogP contribution in [0.2, 0.25) is 10.0 Å². The maximum atomic E-state index is 11.9. The molecule has 2 saturated heterocycles. The number of nitrogens with zero attached hydrogens (tertiary/aromatic N) is 3. The van der Waals surface area contributed by atoms with Crippen molar-refractivity contribution in [3.05, 3.63) is 33.9 Å². The molecule has 0 aliphatic carbocycles. The van der Waals surface area contributed by atoms with Crippen LogP contribution in [-0.4, -0.2) is 46.8 Å². The molecule has 8 nitrogen and oxygen atoms in total. The molecule has 3 N–H and O–H groups in total. The van der Waals surface area contributed by atoms with Gasteiger partial charge in [-0.1, -0.05) is 29.3 Å². The summed E-state index contributed by atoms with van der Waals surface area (Å²) in [4.78, 5) is 22.3. The first-order valence-electron chi connectivity index (χ1n) is 9.67. The maximum absolute atomic E-state index is 11.9. The van der Waals surface area contributed by atoms with Crippen LogP contribution in [-0.2, 0) is 4.74 Å². The lowest BCUT2D eigenvalue weighted by Crippen LogP contribution is -2.41. The highest BCUT2D eigenvalue weighted by atomic mass is 35.5. The average Bonchev–Trinajstić information content (AvgIpc) is 3.07. The second-order valence-electron chi connectivity index (χ2n) is 7.86. The van der Waals surface area contributed by atoms with Crippen molar-refractivity contribution >= 4 is 40.8 Å². The monoisotopic (exact) mass is 452 g/mol. The van der Waals surface area contributed by atoms with Gasteiger partial charge in [0.1, 0.15) is 10.8 Å². The quantitative estimate of drug-likeness (QED) is 0.707. The summed E-state index contributed by atoms with van der Waals surface area (Å²) in [5, 5.41) is 10.2. The van der Waals surface area contributed by atoms with Crippen molar-refractivity contribution in [3.8, 4) is 11.6 Å². The smallest absolute Gasteiger partial charge is 0.358 e. The van der Waals surface area contributed by atoms with Crippen molar-refractivity contribution in [3.63, 3.8) is 0 Å². The van der Waals surface area contributed by atoms with Crippen LogP contribution in [0.1, 0.15) is 36.7 Å². The van der Waals surface area contributed by atoms with E-state index in [0.717, 1.165) is 25.9 Å². The summed E-state index contributed by atoms with van der Waals surface area (Å²) in [6.45, 7) is 4.14. The van der Waals surface area contributed by atoms with E-state index in [2.05, 4.69) is 16.9 Å². The molecular weight excluding hydrogens is 431 g/mol. The third-order valence-corrected chi connectivity index (χ3v) is 6.52. The summed E-state index contributed by atoms with van der Waals surface area (Å²) in [6, 6.07) is 4.84. The zero-order chi connectivity index (χ0) is 21.5. The van der Waals surface area contributed by atoms with E-state index in [9.17, 15) is 9.90 Å². The molecule has 0 bridgehead atoms. The van der Waals surface area contributed by atoms with Gasteiger partial charge < -0.3 is 25.2 Å². The topological polar surface area (TPSA) is 111 Å². The summed E-state index contributed by atoms with van der Waals surface area (Å²) < 4.78 is 11.4. The number of nitrogens with two attached hydrogens (primary N) is 1. The van der Waals surface area contributed by atoms with E-state index in [0.29, 0.717) is 18.1 Å². The van der Waals surface area contributed by atoms with Gasteiger partial charge in [0.25, 0.3) is 5.88 Å². The molecular formula is C20H22Cl2N4O4. The molecule has 10 heteroatoms. The number of benzene rings is 1. The number of anilines is 2. The Balaban J connectivity index is 1.60. The zero-order valence-electron chi connectivity index (χ0n) is 16.4. The van der Waals surface area contributed by atoms with Gasteiger partial charge in [-0.15, -0.1) is 0 Å². The molecule has 4 rings (SSSR count). The van der Waals surface area contributed by atoms with Gasteiger partial charge in [0.15, 0.2) is 17.3 Å². The minimum Gasteiger partial charge on any atom is -0.476 e. The average molecular weight is 453 g/mol. The molecule has 2 aromatic rings. The van der Waals surface area contributed by atoms with Crippen molar-refractivity contribution < 1.29 is 19.4 Å². The highest BCUT2D eigenvalue weighted by Gasteiger charge is 2.41. The molecule has 3 heterocycles. The van der Waals surface area contributed by atoms with Crippen molar-refractivity contribution in [2.24, 2.45) is 5.41 Å². The van der Waals surface area contributed by atoms with Crippen LogP contribution in [0, 0.1) is 5.41 Å². The Morgan fingerprint density at radius 3 is 2.70 bits per heavy atom. The lowest BCUT2D eigenvalue weighted by molar-refractivity contribution is 0.0689. The highest BCUT2D eigenvalue weighted by Crippen LogP contribution is 2.43. The Morgan fingerprint density at radius 1 is 1.33 bits per heavy atom. The second-order valence-corrected chi connectivity index (χ2v) is 8.64. The molecule has 160 valence electrons. The van der Waals surface area contributed by atoms with E-state index in [1.54, 1.807) is 18.2 Å². The number of halogens is 2. The number of aromatic carboxylic acids is 1. The standard InChI is InChI=1S/C20H22Cl2N4O4/c1-11-9-20(10-29-11)5-7-26(8-6-20)17-15(19(27)28)24-18(16(23)25-17)30-13-4-2-3-12(21)14(13)22/h2-4,11H,5-10H2,1H3,(H2,23,25)(H,27,28)/t11-/m0/s1. The first kappa shape index (κ1) is 21.0. The number of carboxylic acids is 1. The van der Waals surface area contributed by atoms with Crippen LogP contribution < -0.4 is 15.4 Å². The highest BCUT2D eigenvalue weighted by molar-refractivity contribution is 6.42. The van der Waals surface area contributed by atoms with Crippen molar-refractivity contribution in [2.45, 2.75) is 32.3 Å². The summed E-state index contributed by atoms with van der Waals surface area (Å²) in [5.74, 6) is -0.913. The first-order valence-corrected chi connectivity index (χ1v) is 10.4. The van der Waals surface area contributed by atoms with Crippen molar-refractivity contribution in [2.75, 3.05) is 30.3 Å². The number of piperidine rings is 1. The molecule has 1 spiro atoms. The zero-order valence-corrected chi connectivity index (χ0v) is 17.9. The summed E-state index contributed by atoms with van der Waals surface area (Å²) >= 11 is 12.1. The maximum Gasteiger partial charge on any atom is 0.358 e. The van der Waals surface area contributed by atoms with Gasteiger partial charge in [-0.3, -0.25) is 0 Å². The molecule has 0 radical (unpaired) electrons. The molecule has 1 aromatic heterocycles. The number of carbonyl (C=O) groups is 1. The van der Waals surface area contributed by atoms with E-state index in [1.165, 1.54) is 0 Å². The SMILES string of the molecule is C[C@H]1CC2(CCN(c3nc(N)c(Oc4cccc(Cl)c4Cl)nc3C(=O)O)CC2)CO1. The van der Waals surface area contributed by atoms with E-state index in [-0.39, 0.29) is 45.5 Å². The van der Waals surface area contributed by atoms with Gasteiger partial charge in [-0.2, -0.15) is 4.98 Å². The summed E-state index contributed by atoms with van der Waals surface area (Å²) in [7, 11) is 0. The van der Waals surface area contributed by atoms with Gasteiger partial charge in [0, 0.05) is 13.1 Å². The summed E-state index contributed by atoms with van der Waals surface area (Å²) in [6.07, 6.45) is 3.08. The normalized spacial score (nSPS) is 20.5. The van der Waals surface area contributed by atoms with Crippen LogP contribution in [0.3, 0.4) is 0 Å². The molecule has 0 unspecified atom stereocenters. The van der Waals surface area contributed by atoms with Gasteiger partial charge >= 0.3 is 5.97 Å². The fraction of sp³-hybridized carbons (Fsp3) is 0.450. The van der Waals surface area contributed by atoms with Crippen LogP contribution in [0.15, 0.2) is 18.2 Å². The molecule has 30 heavy (non-hydrogen) atoms. The van der Waals surface area contributed by atoms with Crippen molar-refractivity contribution in [1.29, 1.82) is 0 Å². The molecule has 0 saturated carbocycles. The number of hydrogen-bond acceptors (Lipinski definition) is 7. The van der Waals surface area contributed by atoms with Crippen LogP contribution in [0.4, 0.5) is 11.6 Å². The minimum absolute atomic E-state index is 0.0239. The minimum atomic E-state index is -1.21. The molecule has 2 aliphatic heterocycles. The third kappa shape index (κ3) is 3.99. The van der Waals surface area contributed by atoms with E-state index in [1.807, 2.05) is 4.90 Å². The second kappa shape index (κ2) is 8.09. The van der Waals surface area contributed by atoms with Gasteiger partial charge in [0.05, 0.1) is 17.7 Å². The Morgan fingerprint density at radius 2 is 2.07 bits per heavy atom. The van der Waals surface area contributed by atoms with Gasteiger partial charge in [0.2, 0.25) is 0 Å². The van der Waals surface area contributed by atoms with Crippen molar-refractivity contribution in [1.82, 2.24) is 9.97 Å². The first-order chi connectivity index (χ1) is 14.3. The molecule has 2 aliphatic rings. The Bertz CT molecular complexity index is 980. The van der Waals surface area contributed by atoms with Gasteiger partial charge in [-0.05, 0) is 43.7 Å². The van der Waals surface area contributed by atoms with Crippen LogP contribution in [0.5, 0.6) is 11.6 Å². The van der Waals surface area contributed by atoms with Crippen LogP contribution >= 0.6 is 23.2 Å². The van der Waals surface area contributed by atoms with Gasteiger partial charge in [-0.25, -0.2) is 9.78 Å². The predicted molar refractivity (Wildman–Crippen MR) is 114 cm³/mol. The Labute approximate surface area is 183 Å². The van der Waals surface area contributed by atoms with E-state index >= 15 is 0 Å². The number of ether oxygens (including phenoxy) is 2. The molecule has 0 amide bonds. The lowest BCUT2D eigenvalue weighted by Gasteiger charge is -2.39. The van der Waals surface area contributed by atoms with E-state index in [4.69, 9.17) is 38.4 Å². The summed E-state index contributed by atoms with van der Waals surface area (Å²) in [5.41, 5.74) is 5.99. The van der Waals surface area contributed by atoms with E-state index < -0.39 is 5.97 Å². The fourth-order valence-corrected chi connectivity index (χ4v) is 4.45. The molecule has 1 atom stereocenters. The number of rotatable bonds is 4. The Hall–Kier alpha value is -2.29. The number of carboxylic acid groups (broad SMARTS) is 1. The predicted octanol–water partition coefficient (Wildman–Crippen LogP) is 4.25. The molecule has 1 aromatic carbocycles. The van der Waals surface area contributed by atoms with Crippen LogP contribution in [0.25, 0.3) is 0 Å². The lowest BCUT2D eigenvalue weighted by atomic mass is 9.77. The molecule has 2 fully saturated rings.